The van der Waals surface area contributed by atoms with Gasteiger partial charge in [-0.2, -0.15) is 0 Å². The van der Waals surface area contributed by atoms with Gasteiger partial charge in [0, 0.05) is 36.8 Å². The predicted octanol–water partition coefficient (Wildman–Crippen LogP) is 3.14. The van der Waals surface area contributed by atoms with E-state index in [0.29, 0.717) is 42.4 Å². The lowest BCUT2D eigenvalue weighted by molar-refractivity contribution is -0.123. The molecule has 1 aromatic carbocycles. The van der Waals surface area contributed by atoms with E-state index >= 15 is 0 Å². The Morgan fingerprint density at radius 2 is 2.13 bits per heavy atom. The van der Waals surface area contributed by atoms with Gasteiger partial charge < -0.3 is 14.6 Å². The summed E-state index contributed by atoms with van der Waals surface area (Å²) in [6.45, 7) is 1.42. The van der Waals surface area contributed by atoms with Crippen molar-refractivity contribution in [1.82, 2.24) is 14.8 Å². The van der Waals surface area contributed by atoms with Crippen LogP contribution in [0.25, 0.3) is 0 Å². The van der Waals surface area contributed by atoms with Crippen molar-refractivity contribution in [3.8, 4) is 0 Å². The lowest BCUT2D eigenvalue weighted by Crippen LogP contribution is -2.51. The van der Waals surface area contributed by atoms with Crippen LogP contribution in [-0.4, -0.2) is 58.0 Å². The maximum absolute atomic E-state index is 12.9. The van der Waals surface area contributed by atoms with E-state index in [-0.39, 0.29) is 11.8 Å². The van der Waals surface area contributed by atoms with Crippen LogP contribution in [0.1, 0.15) is 35.3 Å². The van der Waals surface area contributed by atoms with Crippen molar-refractivity contribution in [2.24, 2.45) is 5.16 Å². The van der Waals surface area contributed by atoms with E-state index in [1.165, 1.54) is 0 Å². The van der Waals surface area contributed by atoms with E-state index in [0.717, 1.165) is 18.5 Å². The maximum atomic E-state index is 12.9. The largest absolute Gasteiger partial charge is 0.386 e. The fourth-order valence-electron chi connectivity index (χ4n) is 3.96. The summed E-state index contributed by atoms with van der Waals surface area (Å²) >= 11 is 6.03. The summed E-state index contributed by atoms with van der Waals surface area (Å²) in [5.74, 6) is -0.275. The van der Waals surface area contributed by atoms with Gasteiger partial charge >= 0.3 is 0 Å². The highest BCUT2D eigenvalue weighted by Crippen LogP contribution is 2.34. The Balaban J connectivity index is 1.40. The Morgan fingerprint density at radius 3 is 2.90 bits per heavy atom. The SMILES string of the molecule is CN(Cc1ccccn1)C(=O)C1=NO[C@]2(CCCN(C(=O)c3cccc(Cl)c3)C2)C1. The first-order chi connectivity index (χ1) is 14.5. The average Bonchev–Trinajstić information content (AvgIpc) is 3.16. The van der Waals surface area contributed by atoms with Gasteiger partial charge in [-0.3, -0.25) is 14.6 Å². The lowest BCUT2D eigenvalue weighted by Gasteiger charge is -2.38. The summed E-state index contributed by atoms with van der Waals surface area (Å²) in [6, 6.07) is 12.5. The van der Waals surface area contributed by atoms with Crippen molar-refractivity contribution in [2.45, 2.75) is 31.4 Å². The Kier molecular flexibility index (Phi) is 5.72. The molecule has 0 unspecified atom stereocenters. The van der Waals surface area contributed by atoms with Crippen molar-refractivity contribution in [1.29, 1.82) is 0 Å². The number of rotatable bonds is 4. The first-order valence-corrected chi connectivity index (χ1v) is 10.3. The summed E-state index contributed by atoms with van der Waals surface area (Å²) in [7, 11) is 1.72. The van der Waals surface area contributed by atoms with Crippen LogP contribution in [0, 0.1) is 0 Å². The van der Waals surface area contributed by atoms with Gasteiger partial charge in [0.1, 0.15) is 5.71 Å². The minimum Gasteiger partial charge on any atom is -0.386 e. The van der Waals surface area contributed by atoms with Crippen LogP contribution in [0.4, 0.5) is 0 Å². The molecule has 8 heteroatoms. The molecule has 1 fully saturated rings. The molecule has 7 nitrogen and oxygen atoms in total. The third-order valence-electron chi connectivity index (χ3n) is 5.46. The summed E-state index contributed by atoms with van der Waals surface area (Å²) in [5, 5.41) is 4.63. The van der Waals surface area contributed by atoms with E-state index in [1.54, 1.807) is 47.3 Å². The molecule has 1 aromatic heterocycles. The second kappa shape index (κ2) is 8.44. The highest BCUT2D eigenvalue weighted by Gasteiger charge is 2.46. The molecule has 2 aromatic rings. The van der Waals surface area contributed by atoms with Crippen molar-refractivity contribution in [2.75, 3.05) is 20.1 Å². The van der Waals surface area contributed by atoms with Gasteiger partial charge in [0.25, 0.3) is 11.8 Å². The molecule has 1 saturated heterocycles. The molecule has 3 heterocycles. The third kappa shape index (κ3) is 4.31. The molecule has 2 aliphatic heterocycles. The third-order valence-corrected chi connectivity index (χ3v) is 5.69. The first-order valence-electron chi connectivity index (χ1n) is 9.91. The normalized spacial score (nSPS) is 20.6. The summed E-state index contributed by atoms with van der Waals surface area (Å²) in [6.07, 6.45) is 3.62. The molecule has 0 aliphatic carbocycles. The fraction of sp³-hybridized carbons (Fsp3) is 0.364. The van der Waals surface area contributed by atoms with Gasteiger partial charge in [0.05, 0.1) is 18.8 Å². The topological polar surface area (TPSA) is 75.1 Å². The zero-order chi connectivity index (χ0) is 21.1. The van der Waals surface area contributed by atoms with Crippen LogP contribution in [0.15, 0.2) is 53.8 Å². The molecule has 0 saturated carbocycles. The van der Waals surface area contributed by atoms with Gasteiger partial charge in [0.2, 0.25) is 0 Å². The second-order valence-electron chi connectivity index (χ2n) is 7.81. The highest BCUT2D eigenvalue weighted by atomic mass is 35.5. The van der Waals surface area contributed by atoms with E-state index in [4.69, 9.17) is 16.4 Å². The molecule has 2 aliphatic rings. The fourth-order valence-corrected chi connectivity index (χ4v) is 4.15. The number of carbonyl (C=O) groups is 2. The van der Waals surface area contributed by atoms with E-state index < -0.39 is 5.60 Å². The number of nitrogens with zero attached hydrogens (tertiary/aromatic N) is 4. The number of amides is 2. The molecular weight excluding hydrogens is 404 g/mol. The smallest absolute Gasteiger partial charge is 0.271 e. The Labute approximate surface area is 180 Å². The maximum Gasteiger partial charge on any atom is 0.271 e. The first kappa shape index (κ1) is 20.3. The van der Waals surface area contributed by atoms with Crippen LogP contribution in [0.5, 0.6) is 0 Å². The summed E-state index contributed by atoms with van der Waals surface area (Å²) < 4.78 is 0. The number of pyridine rings is 1. The molecule has 0 bridgehead atoms. The van der Waals surface area contributed by atoms with E-state index in [1.807, 2.05) is 18.2 Å². The molecule has 156 valence electrons. The van der Waals surface area contributed by atoms with Crippen LogP contribution in [0.2, 0.25) is 5.02 Å². The van der Waals surface area contributed by atoms with Gasteiger partial charge in [-0.15, -0.1) is 0 Å². The quantitative estimate of drug-likeness (QED) is 0.752. The Hall–Kier alpha value is -2.93. The van der Waals surface area contributed by atoms with Gasteiger partial charge in [-0.05, 0) is 43.2 Å². The van der Waals surface area contributed by atoms with Gasteiger partial charge in [-0.1, -0.05) is 28.9 Å². The number of halogens is 1. The Bertz CT molecular complexity index is 981. The van der Waals surface area contributed by atoms with Crippen LogP contribution in [0.3, 0.4) is 0 Å². The number of oxime groups is 1. The lowest BCUT2D eigenvalue weighted by atomic mass is 9.87. The van der Waals surface area contributed by atoms with Crippen LogP contribution in [-0.2, 0) is 16.2 Å². The molecule has 30 heavy (non-hydrogen) atoms. The Morgan fingerprint density at radius 1 is 1.27 bits per heavy atom. The minimum atomic E-state index is -0.649. The second-order valence-corrected chi connectivity index (χ2v) is 8.25. The van der Waals surface area contributed by atoms with Crippen molar-refractivity contribution in [3.63, 3.8) is 0 Å². The number of hydrogen-bond donors (Lipinski definition) is 0. The molecule has 1 atom stereocenters. The molecule has 1 spiro atoms. The van der Waals surface area contributed by atoms with E-state index in [9.17, 15) is 9.59 Å². The monoisotopic (exact) mass is 426 g/mol. The van der Waals surface area contributed by atoms with Crippen molar-refractivity contribution < 1.29 is 14.4 Å². The molecule has 0 radical (unpaired) electrons. The van der Waals surface area contributed by atoms with Crippen molar-refractivity contribution in [3.05, 3.63) is 64.9 Å². The van der Waals surface area contributed by atoms with E-state index in [2.05, 4.69) is 10.1 Å². The number of piperidine rings is 1. The minimum absolute atomic E-state index is 0.0905. The molecule has 0 N–H and O–H groups in total. The number of likely N-dealkylation sites (tertiary alicyclic amines) is 1. The predicted molar refractivity (Wildman–Crippen MR) is 113 cm³/mol. The zero-order valence-electron chi connectivity index (χ0n) is 16.8. The number of aromatic nitrogens is 1. The number of hydrogen-bond acceptors (Lipinski definition) is 5. The molecule has 2 amide bonds. The molecule has 4 rings (SSSR count). The number of benzene rings is 1. The standard InChI is InChI=1S/C22H23ClN4O3/c1-26(14-18-8-2-3-10-24-18)21(29)19-13-22(30-25-19)9-5-11-27(15-22)20(28)16-6-4-7-17(23)12-16/h2-4,6-8,10,12H,5,9,11,13-15H2,1H3/t22-/m1/s1. The summed E-state index contributed by atoms with van der Waals surface area (Å²) in [5.41, 5.74) is 1.08. The van der Waals surface area contributed by atoms with Gasteiger partial charge in [0.15, 0.2) is 5.60 Å². The summed E-state index contributed by atoms with van der Waals surface area (Å²) in [4.78, 5) is 39.1. The highest BCUT2D eigenvalue weighted by molar-refractivity contribution is 6.39. The zero-order valence-corrected chi connectivity index (χ0v) is 17.5. The molecular formula is C22H23ClN4O3. The number of carbonyl (C=O) groups excluding carboxylic acids is 2. The van der Waals surface area contributed by atoms with Crippen molar-refractivity contribution >= 4 is 29.1 Å². The average molecular weight is 427 g/mol. The van der Waals surface area contributed by atoms with Gasteiger partial charge in [-0.25, -0.2) is 0 Å². The van der Waals surface area contributed by atoms with Crippen LogP contribution >= 0.6 is 11.6 Å². The van der Waals surface area contributed by atoms with Crippen LogP contribution < -0.4 is 0 Å².